The third-order valence-electron chi connectivity index (χ3n) is 1.30. The fourth-order valence-electron chi connectivity index (χ4n) is 0.738. The number of thiocarbonyl (C=S) groups is 1. The van der Waals surface area contributed by atoms with Gasteiger partial charge in [-0.1, -0.05) is 28.1 Å². The predicted molar refractivity (Wildman–Crippen MR) is 55.3 cm³/mol. The molecule has 0 unspecified atom stereocenters. The van der Waals surface area contributed by atoms with Gasteiger partial charge in [0.25, 0.3) is 5.91 Å². The fourth-order valence-corrected chi connectivity index (χ4v) is 1.11. The molecular weight excluding hydrogens is 238 g/mol. The summed E-state index contributed by atoms with van der Waals surface area (Å²) in [6.07, 6.45) is 0. The number of hydrogen-bond acceptors (Lipinski definition) is 2. The zero-order valence-corrected chi connectivity index (χ0v) is 8.48. The number of halogens is 1. The molecule has 1 aromatic rings. The molecule has 0 atom stereocenters. The van der Waals surface area contributed by atoms with Crippen LogP contribution < -0.4 is 5.32 Å². The topological polar surface area (TPSA) is 29.1 Å². The monoisotopic (exact) mass is 243 g/mol. The summed E-state index contributed by atoms with van der Waals surface area (Å²) >= 11 is 7.76. The molecule has 62 valence electrons. The molecule has 1 N–H and O–H groups in total. The first-order chi connectivity index (χ1) is 5.74. The van der Waals surface area contributed by atoms with Crippen LogP contribution in [0.5, 0.6) is 0 Å². The molecular formula is C8H6BrNOS. The van der Waals surface area contributed by atoms with Gasteiger partial charge in [0.1, 0.15) is 0 Å². The standard InChI is InChI=1S/C8H6BrNOS/c9-7-3-1-6(2-4-7)8(11)10-5-12/h1-5H,(H,10,11,12). The van der Waals surface area contributed by atoms with E-state index in [0.29, 0.717) is 5.56 Å². The Bertz CT molecular complexity index is 296. The highest BCUT2D eigenvalue weighted by Gasteiger charge is 2.01. The van der Waals surface area contributed by atoms with E-state index in [1.54, 1.807) is 24.3 Å². The number of nitrogens with one attached hydrogen (secondary N) is 1. The van der Waals surface area contributed by atoms with E-state index in [0.717, 1.165) is 4.47 Å². The normalized spacial score (nSPS) is 9.08. The van der Waals surface area contributed by atoms with Crippen LogP contribution in [0.1, 0.15) is 10.4 Å². The molecule has 4 heteroatoms. The third-order valence-corrected chi connectivity index (χ3v) is 1.94. The molecule has 0 radical (unpaired) electrons. The van der Waals surface area contributed by atoms with Gasteiger partial charge in [-0.05, 0) is 24.3 Å². The van der Waals surface area contributed by atoms with Crippen LogP contribution in [0.2, 0.25) is 0 Å². The summed E-state index contributed by atoms with van der Waals surface area (Å²) in [6.45, 7) is 0. The number of hydrogen-bond donors (Lipinski definition) is 1. The van der Waals surface area contributed by atoms with Crippen molar-refractivity contribution in [2.24, 2.45) is 0 Å². The summed E-state index contributed by atoms with van der Waals surface area (Å²) in [4.78, 5) is 11.1. The molecule has 12 heavy (non-hydrogen) atoms. The van der Waals surface area contributed by atoms with Crippen molar-refractivity contribution in [1.82, 2.24) is 5.32 Å². The maximum absolute atomic E-state index is 11.1. The van der Waals surface area contributed by atoms with Gasteiger partial charge in [0.15, 0.2) is 0 Å². The molecule has 0 heterocycles. The van der Waals surface area contributed by atoms with Crippen LogP contribution in [0.25, 0.3) is 0 Å². The van der Waals surface area contributed by atoms with Gasteiger partial charge in [-0.3, -0.25) is 4.79 Å². The molecule has 0 aliphatic heterocycles. The number of carbonyl (C=O) groups is 1. The van der Waals surface area contributed by atoms with E-state index in [4.69, 9.17) is 0 Å². The lowest BCUT2D eigenvalue weighted by atomic mass is 10.2. The van der Waals surface area contributed by atoms with E-state index in [9.17, 15) is 4.79 Å². The second-order valence-corrected chi connectivity index (χ2v) is 3.25. The number of benzene rings is 1. The number of rotatable bonds is 2. The van der Waals surface area contributed by atoms with Gasteiger partial charge in [0, 0.05) is 10.0 Å². The minimum atomic E-state index is -0.183. The summed E-state index contributed by atoms with van der Waals surface area (Å²) in [5, 5.41) is 2.42. The summed E-state index contributed by atoms with van der Waals surface area (Å²) in [5.41, 5.74) is 1.80. The second kappa shape index (κ2) is 4.33. The Hall–Kier alpha value is -0.740. The van der Waals surface area contributed by atoms with Crippen LogP contribution in [0, 0.1) is 0 Å². The van der Waals surface area contributed by atoms with Gasteiger partial charge in [-0.2, -0.15) is 0 Å². The van der Waals surface area contributed by atoms with Crippen LogP contribution in [0.15, 0.2) is 28.7 Å². The van der Waals surface area contributed by atoms with Crippen molar-refractivity contribution in [3.8, 4) is 0 Å². The largest absolute Gasteiger partial charge is 0.319 e. The minimum Gasteiger partial charge on any atom is -0.319 e. The first-order valence-electron chi connectivity index (χ1n) is 3.24. The summed E-state index contributed by atoms with van der Waals surface area (Å²) in [5.74, 6) is -0.183. The van der Waals surface area contributed by atoms with E-state index in [2.05, 4.69) is 33.5 Å². The Morgan fingerprint density at radius 1 is 1.42 bits per heavy atom. The Kier molecular flexibility index (Phi) is 3.37. The van der Waals surface area contributed by atoms with E-state index in [-0.39, 0.29) is 5.91 Å². The van der Waals surface area contributed by atoms with Gasteiger partial charge in [-0.15, -0.1) is 0 Å². The van der Waals surface area contributed by atoms with Gasteiger partial charge in [-0.25, -0.2) is 0 Å². The Morgan fingerprint density at radius 2 is 2.00 bits per heavy atom. The van der Waals surface area contributed by atoms with Crippen molar-refractivity contribution < 1.29 is 4.79 Å². The van der Waals surface area contributed by atoms with E-state index < -0.39 is 0 Å². The average molecular weight is 244 g/mol. The van der Waals surface area contributed by atoms with E-state index in [1.807, 2.05) is 0 Å². The van der Waals surface area contributed by atoms with Gasteiger partial charge in [0.05, 0.1) is 5.49 Å². The smallest absolute Gasteiger partial charge is 0.255 e. The highest BCUT2D eigenvalue weighted by Crippen LogP contribution is 2.09. The molecule has 1 amide bonds. The zero-order chi connectivity index (χ0) is 8.97. The Balaban J connectivity index is 2.82. The molecule has 0 saturated heterocycles. The van der Waals surface area contributed by atoms with E-state index in [1.165, 1.54) is 5.49 Å². The SMILES string of the molecule is O=C(NC=S)c1ccc(Br)cc1. The van der Waals surface area contributed by atoms with Crippen molar-refractivity contribution in [1.29, 1.82) is 0 Å². The Labute approximate surface area is 84.1 Å². The van der Waals surface area contributed by atoms with Crippen LogP contribution in [0.4, 0.5) is 0 Å². The van der Waals surface area contributed by atoms with Crippen LogP contribution in [-0.4, -0.2) is 11.4 Å². The molecule has 1 rings (SSSR count). The fraction of sp³-hybridized carbons (Fsp3) is 0. The predicted octanol–water partition coefficient (Wildman–Crippen LogP) is 2.14. The number of carbonyl (C=O) groups excluding carboxylic acids is 1. The zero-order valence-electron chi connectivity index (χ0n) is 6.08. The first kappa shape index (κ1) is 9.35. The lowest BCUT2D eigenvalue weighted by molar-refractivity contribution is 0.0979. The van der Waals surface area contributed by atoms with Crippen LogP contribution >= 0.6 is 28.1 Å². The molecule has 0 aromatic heterocycles. The van der Waals surface area contributed by atoms with Crippen LogP contribution in [-0.2, 0) is 0 Å². The van der Waals surface area contributed by atoms with Gasteiger partial charge < -0.3 is 5.32 Å². The molecule has 0 aliphatic carbocycles. The summed E-state index contributed by atoms with van der Waals surface area (Å²) in [7, 11) is 0. The lowest BCUT2D eigenvalue weighted by Crippen LogP contribution is -2.19. The highest BCUT2D eigenvalue weighted by atomic mass is 79.9. The maximum atomic E-state index is 11.1. The molecule has 0 aliphatic rings. The molecule has 0 saturated carbocycles. The van der Waals surface area contributed by atoms with Crippen LogP contribution in [0.3, 0.4) is 0 Å². The van der Waals surface area contributed by atoms with Crippen molar-refractivity contribution in [2.45, 2.75) is 0 Å². The van der Waals surface area contributed by atoms with Crippen molar-refractivity contribution in [3.05, 3.63) is 34.3 Å². The molecule has 1 aromatic carbocycles. The van der Waals surface area contributed by atoms with Crippen molar-refractivity contribution in [2.75, 3.05) is 0 Å². The summed E-state index contributed by atoms with van der Waals surface area (Å²) < 4.78 is 0.946. The highest BCUT2D eigenvalue weighted by molar-refractivity contribution is 9.10. The minimum absolute atomic E-state index is 0.183. The maximum Gasteiger partial charge on any atom is 0.255 e. The first-order valence-corrected chi connectivity index (χ1v) is 4.50. The molecule has 0 bridgehead atoms. The van der Waals surface area contributed by atoms with Crippen molar-refractivity contribution >= 4 is 39.5 Å². The van der Waals surface area contributed by atoms with E-state index >= 15 is 0 Å². The number of amides is 1. The quantitative estimate of drug-likeness (QED) is 0.807. The average Bonchev–Trinajstić information content (AvgIpc) is 2.06. The molecule has 0 spiro atoms. The van der Waals surface area contributed by atoms with Gasteiger partial charge >= 0.3 is 0 Å². The molecule has 0 fully saturated rings. The molecule has 2 nitrogen and oxygen atoms in total. The van der Waals surface area contributed by atoms with Gasteiger partial charge in [0.2, 0.25) is 0 Å². The lowest BCUT2D eigenvalue weighted by Gasteiger charge is -1.98. The second-order valence-electron chi connectivity index (χ2n) is 2.10. The third kappa shape index (κ3) is 2.39. The summed E-state index contributed by atoms with van der Waals surface area (Å²) in [6, 6.07) is 7.05. The Morgan fingerprint density at radius 3 is 2.50 bits per heavy atom. The van der Waals surface area contributed by atoms with Crippen molar-refractivity contribution in [3.63, 3.8) is 0 Å².